The lowest BCUT2D eigenvalue weighted by molar-refractivity contribution is -0.619. The Hall–Kier alpha value is -0.920. The van der Waals surface area contributed by atoms with E-state index in [1.165, 1.54) is 6.07 Å². The molecule has 1 aromatic heterocycles. The molecule has 0 amide bonds. The second-order valence-corrected chi connectivity index (χ2v) is 2.90. The highest BCUT2D eigenvalue weighted by Crippen LogP contribution is 2.10. The highest BCUT2D eigenvalue weighted by Gasteiger charge is 2.10. The van der Waals surface area contributed by atoms with Gasteiger partial charge in [0.25, 0.3) is 9.39 Å². The normalized spacial score (nSPS) is 9.55. The Morgan fingerprint density at radius 3 is 2.73 bits per heavy atom. The monoisotopic (exact) mass is 266 g/mol. The molecule has 0 spiro atoms. The van der Waals surface area contributed by atoms with Gasteiger partial charge in [0.1, 0.15) is 0 Å². The lowest BCUT2D eigenvalue weighted by atomic mass is 10.4. The summed E-state index contributed by atoms with van der Waals surface area (Å²) in [7, 11) is 0. The van der Waals surface area contributed by atoms with Crippen LogP contribution < -0.4 is 4.73 Å². The van der Waals surface area contributed by atoms with Crippen molar-refractivity contribution >= 4 is 28.3 Å². The van der Waals surface area contributed by atoms with Gasteiger partial charge in [0.15, 0.2) is 6.20 Å². The number of hydrogen-bond donors (Lipinski definition) is 0. The van der Waals surface area contributed by atoms with Gasteiger partial charge in [0, 0.05) is 22.6 Å². The van der Waals surface area contributed by atoms with Crippen molar-refractivity contribution in [3.05, 3.63) is 37.4 Å². The molecule has 58 valence electrons. The van der Waals surface area contributed by atoms with E-state index in [0.29, 0.717) is 4.73 Å². The average molecular weight is 266 g/mol. The van der Waals surface area contributed by atoms with Gasteiger partial charge in [-0.1, -0.05) is 0 Å². The van der Waals surface area contributed by atoms with E-state index >= 15 is 0 Å². The largest absolute Gasteiger partial charge is 0.618 e. The van der Waals surface area contributed by atoms with Crippen LogP contribution in [-0.2, 0) is 0 Å². The molecule has 1 rings (SSSR count). The summed E-state index contributed by atoms with van der Waals surface area (Å²) >= 11 is 1.73. The molecule has 0 aliphatic carbocycles. The highest BCUT2D eigenvalue weighted by atomic mass is 127. The number of aromatic nitrogens is 1. The Labute approximate surface area is 75.5 Å². The number of halogens is 1. The van der Waals surface area contributed by atoms with Crippen LogP contribution in [-0.4, -0.2) is 4.92 Å². The van der Waals surface area contributed by atoms with E-state index in [1.807, 2.05) is 0 Å². The fourth-order valence-corrected chi connectivity index (χ4v) is 1.04. The van der Waals surface area contributed by atoms with Gasteiger partial charge in [-0.05, 0) is 0 Å². The number of rotatable bonds is 1. The molecule has 0 atom stereocenters. The second kappa shape index (κ2) is 2.99. The zero-order chi connectivity index (χ0) is 8.43. The second-order valence-electron chi connectivity index (χ2n) is 1.79. The summed E-state index contributed by atoms with van der Waals surface area (Å²) < 4.78 is 0.852. The van der Waals surface area contributed by atoms with Gasteiger partial charge in [0.2, 0.25) is 0 Å². The Bertz CT molecular complexity index is 302. The molecular formula is C5H3IN2O3. The standard InChI is InChI=1S/C5H3IN2O3/c6-5-3-4(8(10)11)1-2-7(5)9/h1-3H. The smallest absolute Gasteiger partial charge is 0.282 e. The summed E-state index contributed by atoms with van der Waals surface area (Å²) in [5.74, 6) is 0. The van der Waals surface area contributed by atoms with Crippen LogP contribution in [0.5, 0.6) is 0 Å². The van der Waals surface area contributed by atoms with Crippen molar-refractivity contribution in [3.8, 4) is 0 Å². The summed E-state index contributed by atoms with van der Waals surface area (Å²) in [6.07, 6.45) is 1.11. The van der Waals surface area contributed by atoms with Crippen LogP contribution in [0.4, 0.5) is 5.69 Å². The van der Waals surface area contributed by atoms with Crippen molar-refractivity contribution in [1.82, 2.24) is 0 Å². The Kier molecular flexibility index (Phi) is 2.22. The molecule has 0 saturated heterocycles. The lowest BCUT2D eigenvalue weighted by Crippen LogP contribution is -2.29. The topological polar surface area (TPSA) is 70.1 Å². The van der Waals surface area contributed by atoms with E-state index in [4.69, 9.17) is 0 Å². The van der Waals surface area contributed by atoms with Crippen LogP contribution in [0, 0.1) is 19.0 Å². The highest BCUT2D eigenvalue weighted by molar-refractivity contribution is 14.1. The fourth-order valence-electron chi connectivity index (χ4n) is 0.563. The Morgan fingerprint density at radius 1 is 1.64 bits per heavy atom. The molecular weight excluding hydrogens is 263 g/mol. The van der Waals surface area contributed by atoms with Crippen LogP contribution in [0.3, 0.4) is 0 Å². The van der Waals surface area contributed by atoms with Crippen LogP contribution >= 0.6 is 22.6 Å². The van der Waals surface area contributed by atoms with E-state index in [-0.39, 0.29) is 9.39 Å². The van der Waals surface area contributed by atoms with Crippen molar-refractivity contribution in [1.29, 1.82) is 0 Å². The van der Waals surface area contributed by atoms with E-state index in [2.05, 4.69) is 0 Å². The molecule has 0 unspecified atom stereocenters. The Morgan fingerprint density at radius 2 is 2.27 bits per heavy atom. The number of nitrogens with zero attached hydrogens (tertiary/aromatic N) is 2. The third kappa shape index (κ3) is 1.76. The molecule has 5 nitrogen and oxygen atoms in total. The fraction of sp³-hybridized carbons (Fsp3) is 0. The minimum atomic E-state index is -0.540. The zero-order valence-electron chi connectivity index (χ0n) is 5.23. The maximum atomic E-state index is 10.7. The lowest BCUT2D eigenvalue weighted by Gasteiger charge is -1.96. The van der Waals surface area contributed by atoms with Crippen molar-refractivity contribution in [2.45, 2.75) is 0 Å². The van der Waals surface area contributed by atoms with E-state index in [0.717, 1.165) is 12.3 Å². The van der Waals surface area contributed by atoms with Gasteiger partial charge in [-0.15, -0.1) is 0 Å². The molecule has 0 aliphatic rings. The zero-order valence-corrected chi connectivity index (χ0v) is 7.39. The van der Waals surface area contributed by atoms with Crippen molar-refractivity contribution in [2.75, 3.05) is 0 Å². The summed E-state index contributed by atoms with van der Waals surface area (Å²) in [6, 6.07) is 2.38. The first-order valence-electron chi connectivity index (χ1n) is 2.64. The maximum absolute atomic E-state index is 10.7. The van der Waals surface area contributed by atoms with Crippen LogP contribution in [0.25, 0.3) is 0 Å². The molecule has 1 aromatic rings. The summed E-state index contributed by atoms with van der Waals surface area (Å²) in [5.41, 5.74) is -0.0681. The third-order valence-corrected chi connectivity index (χ3v) is 1.86. The minimum Gasteiger partial charge on any atom is -0.618 e. The first kappa shape index (κ1) is 8.18. The molecule has 0 fully saturated rings. The molecule has 0 aromatic carbocycles. The third-order valence-electron chi connectivity index (χ3n) is 1.07. The van der Waals surface area contributed by atoms with Crippen LogP contribution in [0.2, 0.25) is 0 Å². The van der Waals surface area contributed by atoms with Gasteiger partial charge >= 0.3 is 0 Å². The number of pyridine rings is 1. The van der Waals surface area contributed by atoms with E-state index < -0.39 is 4.92 Å². The van der Waals surface area contributed by atoms with E-state index in [1.54, 1.807) is 22.6 Å². The van der Waals surface area contributed by atoms with Crippen molar-refractivity contribution in [3.63, 3.8) is 0 Å². The van der Waals surface area contributed by atoms with Gasteiger partial charge in [-0.25, -0.2) is 0 Å². The molecule has 11 heavy (non-hydrogen) atoms. The van der Waals surface area contributed by atoms with Crippen LogP contribution in [0.1, 0.15) is 0 Å². The van der Waals surface area contributed by atoms with Crippen molar-refractivity contribution < 1.29 is 9.65 Å². The first-order chi connectivity index (χ1) is 5.11. The molecule has 0 saturated carbocycles. The number of nitro groups is 1. The van der Waals surface area contributed by atoms with E-state index in [9.17, 15) is 15.3 Å². The predicted molar refractivity (Wildman–Crippen MR) is 44.8 cm³/mol. The summed E-state index contributed by atoms with van der Waals surface area (Å²) in [5, 5.41) is 20.8. The molecule has 0 radical (unpaired) electrons. The number of hydrogen-bond acceptors (Lipinski definition) is 3. The summed E-state index contributed by atoms with van der Waals surface area (Å²) in [6.45, 7) is 0. The average Bonchev–Trinajstić information content (AvgIpc) is 1.94. The first-order valence-corrected chi connectivity index (χ1v) is 3.72. The van der Waals surface area contributed by atoms with Gasteiger partial charge in [0.05, 0.1) is 17.1 Å². The van der Waals surface area contributed by atoms with Gasteiger partial charge in [-0.3, -0.25) is 10.1 Å². The summed E-state index contributed by atoms with van der Waals surface area (Å²) in [4.78, 5) is 9.62. The molecule has 0 aliphatic heterocycles. The maximum Gasteiger partial charge on any atom is 0.282 e. The predicted octanol–water partition coefficient (Wildman–Crippen LogP) is 0.833. The SMILES string of the molecule is O=[N+]([O-])c1cc[n+]([O-])c(I)c1. The Balaban J connectivity index is 3.15. The minimum absolute atomic E-state index is 0.0681. The quantitative estimate of drug-likeness (QED) is 0.189. The van der Waals surface area contributed by atoms with Gasteiger partial charge in [-0.2, -0.15) is 4.73 Å². The molecule has 1 heterocycles. The molecule has 0 N–H and O–H groups in total. The molecule has 0 bridgehead atoms. The van der Waals surface area contributed by atoms with Crippen LogP contribution in [0.15, 0.2) is 18.3 Å². The van der Waals surface area contributed by atoms with Crippen molar-refractivity contribution in [2.24, 2.45) is 0 Å². The molecule has 6 heteroatoms. The van der Waals surface area contributed by atoms with Gasteiger partial charge < -0.3 is 5.21 Å².